The standard InChI is InChI=1S/C21H20N2O4/c1-20(2,3)19-23-13-8-12-16(9-17(13)26-19)25-18(22-12)10-6-15-11(7-14(10)24)21(4,5)27-15/h6-9,24H,1-5H3. The highest BCUT2D eigenvalue weighted by Crippen LogP contribution is 2.48. The lowest BCUT2D eigenvalue weighted by molar-refractivity contribution is 0.0514. The smallest absolute Gasteiger partial charge is 0.231 e. The van der Waals surface area contributed by atoms with Crippen molar-refractivity contribution in [3.8, 4) is 23.0 Å². The zero-order valence-corrected chi connectivity index (χ0v) is 15.9. The highest BCUT2D eigenvalue weighted by Gasteiger charge is 2.38. The molecule has 0 atom stereocenters. The second-order valence-corrected chi connectivity index (χ2v) is 8.55. The average Bonchev–Trinajstić information content (AvgIpc) is 3.15. The third kappa shape index (κ3) is 2.32. The number of phenolic OH excluding ortho intramolecular Hbond substituents is 1. The number of aromatic nitrogens is 2. The Bertz CT molecular complexity index is 1170. The van der Waals surface area contributed by atoms with Crippen LogP contribution in [0.15, 0.2) is 33.1 Å². The van der Waals surface area contributed by atoms with Crippen molar-refractivity contribution in [2.24, 2.45) is 0 Å². The Morgan fingerprint density at radius 1 is 0.926 bits per heavy atom. The molecule has 1 aliphatic heterocycles. The van der Waals surface area contributed by atoms with E-state index in [4.69, 9.17) is 13.6 Å². The van der Waals surface area contributed by atoms with Crippen LogP contribution in [-0.4, -0.2) is 15.1 Å². The number of hydrogen-bond donors (Lipinski definition) is 1. The van der Waals surface area contributed by atoms with E-state index in [1.54, 1.807) is 18.2 Å². The summed E-state index contributed by atoms with van der Waals surface area (Å²) in [4.78, 5) is 9.10. The van der Waals surface area contributed by atoms with Crippen LogP contribution >= 0.6 is 0 Å². The third-order valence-corrected chi connectivity index (χ3v) is 4.88. The number of ether oxygens (including phenoxy) is 1. The Morgan fingerprint density at radius 3 is 2.33 bits per heavy atom. The van der Waals surface area contributed by atoms with E-state index in [1.807, 2.05) is 19.9 Å². The van der Waals surface area contributed by atoms with Crippen LogP contribution in [0.2, 0.25) is 0 Å². The van der Waals surface area contributed by atoms with Crippen molar-refractivity contribution < 1.29 is 18.7 Å². The molecule has 2 aromatic carbocycles. The molecule has 0 bridgehead atoms. The summed E-state index contributed by atoms with van der Waals surface area (Å²) in [7, 11) is 0. The van der Waals surface area contributed by atoms with E-state index in [1.165, 1.54) is 0 Å². The first-order chi connectivity index (χ1) is 12.6. The van der Waals surface area contributed by atoms with Gasteiger partial charge in [0, 0.05) is 17.0 Å². The number of aromatic hydroxyl groups is 1. The molecule has 5 rings (SSSR count). The lowest BCUT2D eigenvalue weighted by atomic mass is 9.90. The molecule has 6 nitrogen and oxygen atoms in total. The fourth-order valence-electron chi connectivity index (χ4n) is 3.36. The first kappa shape index (κ1) is 16.2. The second-order valence-electron chi connectivity index (χ2n) is 8.55. The fraction of sp³-hybridized carbons (Fsp3) is 0.333. The lowest BCUT2D eigenvalue weighted by Gasteiger charge is -2.38. The summed E-state index contributed by atoms with van der Waals surface area (Å²) in [5.74, 6) is 1.86. The SMILES string of the molecule is CC(C)(C)c1nc2cc3nc(-c4cc5c(cc4O)C(C)(C)O5)oc3cc2o1. The largest absolute Gasteiger partial charge is 0.507 e. The molecule has 0 fully saturated rings. The Kier molecular flexibility index (Phi) is 2.89. The van der Waals surface area contributed by atoms with E-state index in [-0.39, 0.29) is 16.8 Å². The van der Waals surface area contributed by atoms with Crippen molar-refractivity contribution in [1.82, 2.24) is 9.97 Å². The summed E-state index contributed by atoms with van der Waals surface area (Å²) in [6.45, 7) is 10.1. The fourth-order valence-corrected chi connectivity index (χ4v) is 3.36. The third-order valence-electron chi connectivity index (χ3n) is 4.88. The van der Waals surface area contributed by atoms with Crippen molar-refractivity contribution in [2.75, 3.05) is 0 Å². The highest BCUT2D eigenvalue weighted by atomic mass is 16.5. The van der Waals surface area contributed by atoms with Gasteiger partial charge in [0.2, 0.25) is 11.8 Å². The molecule has 0 saturated heterocycles. The van der Waals surface area contributed by atoms with Gasteiger partial charge in [-0.05, 0) is 32.0 Å². The normalized spacial score (nSPS) is 15.6. The minimum atomic E-state index is -0.381. The van der Waals surface area contributed by atoms with Crippen molar-refractivity contribution in [2.45, 2.75) is 45.6 Å². The molecule has 0 amide bonds. The van der Waals surface area contributed by atoms with Gasteiger partial charge in [0.1, 0.15) is 28.1 Å². The Balaban J connectivity index is 1.62. The van der Waals surface area contributed by atoms with Gasteiger partial charge in [-0.1, -0.05) is 20.8 Å². The van der Waals surface area contributed by atoms with Crippen LogP contribution in [-0.2, 0) is 11.0 Å². The summed E-state index contributed by atoms with van der Waals surface area (Å²) in [6.07, 6.45) is 0. The highest BCUT2D eigenvalue weighted by molar-refractivity contribution is 5.90. The number of hydrogen-bond acceptors (Lipinski definition) is 6. The molecule has 27 heavy (non-hydrogen) atoms. The molecule has 0 unspecified atom stereocenters. The van der Waals surface area contributed by atoms with Gasteiger partial charge in [0.15, 0.2) is 11.2 Å². The second kappa shape index (κ2) is 4.82. The lowest BCUT2D eigenvalue weighted by Crippen LogP contribution is -2.34. The first-order valence-electron chi connectivity index (χ1n) is 8.90. The number of fused-ring (bicyclic) bond motifs is 3. The molecule has 0 aliphatic carbocycles. The van der Waals surface area contributed by atoms with Gasteiger partial charge in [-0.15, -0.1) is 0 Å². The van der Waals surface area contributed by atoms with Crippen molar-refractivity contribution in [3.05, 3.63) is 35.7 Å². The maximum absolute atomic E-state index is 10.4. The van der Waals surface area contributed by atoms with Crippen LogP contribution in [0, 0.1) is 0 Å². The van der Waals surface area contributed by atoms with Gasteiger partial charge in [-0.2, -0.15) is 0 Å². The van der Waals surface area contributed by atoms with Gasteiger partial charge in [-0.3, -0.25) is 0 Å². The summed E-state index contributed by atoms with van der Waals surface area (Å²) < 4.78 is 17.5. The van der Waals surface area contributed by atoms with Gasteiger partial charge < -0.3 is 18.7 Å². The number of rotatable bonds is 1. The molecule has 2 aromatic heterocycles. The summed E-state index contributed by atoms with van der Waals surface area (Å²) in [5.41, 5.74) is 3.54. The van der Waals surface area contributed by atoms with Crippen LogP contribution in [0.25, 0.3) is 33.7 Å². The number of oxazole rings is 2. The summed E-state index contributed by atoms with van der Waals surface area (Å²) >= 11 is 0. The van der Waals surface area contributed by atoms with Crippen molar-refractivity contribution in [3.63, 3.8) is 0 Å². The Labute approximate surface area is 155 Å². The van der Waals surface area contributed by atoms with Crippen LogP contribution in [0.1, 0.15) is 46.1 Å². The minimum absolute atomic E-state index is 0.119. The topological polar surface area (TPSA) is 81.5 Å². The molecular formula is C21H20N2O4. The predicted molar refractivity (Wildman–Crippen MR) is 101 cm³/mol. The maximum atomic E-state index is 10.4. The van der Waals surface area contributed by atoms with Crippen LogP contribution in [0.4, 0.5) is 0 Å². The Morgan fingerprint density at radius 2 is 1.63 bits per heavy atom. The van der Waals surface area contributed by atoms with Crippen molar-refractivity contribution >= 4 is 22.2 Å². The van der Waals surface area contributed by atoms with E-state index in [0.29, 0.717) is 34.0 Å². The van der Waals surface area contributed by atoms with E-state index in [2.05, 4.69) is 30.7 Å². The first-order valence-corrected chi connectivity index (χ1v) is 8.90. The molecular weight excluding hydrogens is 344 g/mol. The average molecular weight is 364 g/mol. The molecule has 0 radical (unpaired) electrons. The van der Waals surface area contributed by atoms with E-state index >= 15 is 0 Å². The monoisotopic (exact) mass is 364 g/mol. The zero-order valence-electron chi connectivity index (χ0n) is 15.9. The minimum Gasteiger partial charge on any atom is -0.507 e. The quantitative estimate of drug-likeness (QED) is 0.496. The molecule has 6 heteroatoms. The van der Waals surface area contributed by atoms with Gasteiger partial charge in [0.05, 0.1) is 5.56 Å². The molecule has 0 saturated carbocycles. The molecule has 3 heterocycles. The Hall–Kier alpha value is -3.02. The maximum Gasteiger partial charge on any atom is 0.231 e. The number of phenols is 1. The molecule has 1 N–H and O–H groups in total. The van der Waals surface area contributed by atoms with Crippen LogP contribution in [0.3, 0.4) is 0 Å². The van der Waals surface area contributed by atoms with Gasteiger partial charge >= 0.3 is 0 Å². The van der Waals surface area contributed by atoms with Gasteiger partial charge in [-0.25, -0.2) is 9.97 Å². The number of benzene rings is 2. The van der Waals surface area contributed by atoms with Gasteiger partial charge in [0.25, 0.3) is 0 Å². The van der Waals surface area contributed by atoms with Crippen molar-refractivity contribution in [1.29, 1.82) is 0 Å². The van der Waals surface area contributed by atoms with E-state index < -0.39 is 0 Å². The van der Waals surface area contributed by atoms with Crippen LogP contribution in [0.5, 0.6) is 11.5 Å². The predicted octanol–water partition coefficient (Wildman–Crippen LogP) is 5.27. The summed E-state index contributed by atoms with van der Waals surface area (Å²) in [6, 6.07) is 7.11. The zero-order chi connectivity index (χ0) is 19.1. The number of nitrogens with zero attached hydrogens (tertiary/aromatic N) is 2. The summed E-state index contributed by atoms with van der Waals surface area (Å²) in [5, 5.41) is 10.4. The molecule has 0 spiro atoms. The van der Waals surface area contributed by atoms with E-state index in [9.17, 15) is 5.11 Å². The van der Waals surface area contributed by atoms with Crippen LogP contribution < -0.4 is 4.74 Å². The molecule has 138 valence electrons. The molecule has 1 aliphatic rings. The molecule has 4 aromatic rings. The van der Waals surface area contributed by atoms with E-state index in [0.717, 1.165) is 16.8 Å².